The largest absolute Gasteiger partial charge is 0.383 e. The molecule has 1 saturated heterocycles. The van der Waals surface area contributed by atoms with Gasteiger partial charge in [-0.15, -0.1) is 0 Å². The average Bonchev–Trinajstić information content (AvgIpc) is 2.82. The molecular formula is C27H33N5O. The molecule has 1 aliphatic heterocycles. The van der Waals surface area contributed by atoms with Crippen molar-refractivity contribution in [3.63, 3.8) is 0 Å². The summed E-state index contributed by atoms with van der Waals surface area (Å²) in [4.78, 5) is 23.6. The number of aromatic nitrogens is 1. The van der Waals surface area contributed by atoms with Gasteiger partial charge in [0.05, 0.1) is 0 Å². The Morgan fingerprint density at radius 3 is 2.58 bits per heavy atom. The second-order valence-corrected chi connectivity index (χ2v) is 9.01. The summed E-state index contributed by atoms with van der Waals surface area (Å²) in [6.07, 6.45) is 5.16. The average molecular weight is 444 g/mol. The number of rotatable bonds is 6. The molecule has 0 atom stereocenters. The van der Waals surface area contributed by atoms with Gasteiger partial charge >= 0.3 is 0 Å². The van der Waals surface area contributed by atoms with Crippen LogP contribution in [0, 0.1) is 6.92 Å². The van der Waals surface area contributed by atoms with Gasteiger partial charge in [-0.25, -0.2) is 4.98 Å². The predicted molar refractivity (Wildman–Crippen MR) is 136 cm³/mol. The van der Waals surface area contributed by atoms with Gasteiger partial charge < -0.3 is 15.5 Å². The van der Waals surface area contributed by atoms with Crippen molar-refractivity contribution < 1.29 is 4.79 Å². The highest BCUT2D eigenvalue weighted by Gasteiger charge is 2.15. The van der Waals surface area contributed by atoms with Gasteiger partial charge in [0.1, 0.15) is 5.82 Å². The van der Waals surface area contributed by atoms with E-state index in [9.17, 15) is 4.79 Å². The van der Waals surface area contributed by atoms with E-state index in [4.69, 9.17) is 5.73 Å². The summed E-state index contributed by atoms with van der Waals surface area (Å²) in [5.41, 5.74) is 10.4. The van der Waals surface area contributed by atoms with Gasteiger partial charge in [0.2, 0.25) is 5.91 Å². The standard InChI is InChI=1S/C27H33N5O/c1-20-8-10-22(25-7-5-4-6-24(20)25)18-31(3)26(33)11-9-21-16-23(27(28)29-17-21)19-32-14-12-30(2)13-15-32/h4-11,16-17H,12-15,18-19H2,1-3H3,(H2,28,29)/b11-9+. The van der Waals surface area contributed by atoms with Crippen LogP contribution in [0.5, 0.6) is 0 Å². The van der Waals surface area contributed by atoms with Crippen LogP contribution in [-0.2, 0) is 17.9 Å². The number of nitrogens with zero attached hydrogens (tertiary/aromatic N) is 4. The topological polar surface area (TPSA) is 65.7 Å². The van der Waals surface area contributed by atoms with E-state index in [1.54, 1.807) is 17.2 Å². The number of carbonyl (C=O) groups is 1. The molecule has 0 aliphatic carbocycles. The number of likely N-dealkylation sites (N-methyl/N-ethyl adjacent to an activating group) is 2. The highest BCUT2D eigenvalue weighted by atomic mass is 16.2. The molecule has 3 aromatic rings. The van der Waals surface area contributed by atoms with Crippen LogP contribution in [0.3, 0.4) is 0 Å². The van der Waals surface area contributed by atoms with Crippen LogP contribution in [-0.4, -0.2) is 65.9 Å². The van der Waals surface area contributed by atoms with Gasteiger partial charge in [-0.3, -0.25) is 9.69 Å². The van der Waals surface area contributed by atoms with Crippen LogP contribution in [0.25, 0.3) is 16.8 Å². The van der Waals surface area contributed by atoms with E-state index in [2.05, 4.69) is 59.1 Å². The fraction of sp³-hybridized carbons (Fsp3) is 0.333. The highest BCUT2D eigenvalue weighted by molar-refractivity contribution is 5.92. The lowest BCUT2D eigenvalue weighted by molar-refractivity contribution is -0.125. The molecule has 1 fully saturated rings. The number of anilines is 1. The first-order chi connectivity index (χ1) is 15.9. The number of hydrogen-bond donors (Lipinski definition) is 1. The van der Waals surface area contributed by atoms with Crippen molar-refractivity contribution >= 4 is 28.6 Å². The predicted octanol–water partition coefficient (Wildman–Crippen LogP) is 3.54. The zero-order valence-corrected chi connectivity index (χ0v) is 19.8. The number of aryl methyl sites for hydroxylation is 1. The first-order valence-corrected chi connectivity index (χ1v) is 11.5. The fourth-order valence-electron chi connectivity index (χ4n) is 4.28. The van der Waals surface area contributed by atoms with E-state index in [0.717, 1.165) is 49.4 Å². The number of hydrogen-bond acceptors (Lipinski definition) is 5. The van der Waals surface area contributed by atoms with Crippen molar-refractivity contribution in [3.05, 3.63) is 77.0 Å². The van der Waals surface area contributed by atoms with Crippen LogP contribution in [0.2, 0.25) is 0 Å². The molecule has 2 heterocycles. The van der Waals surface area contributed by atoms with E-state index in [1.165, 1.54) is 16.3 Å². The highest BCUT2D eigenvalue weighted by Crippen LogP contribution is 2.23. The molecule has 6 nitrogen and oxygen atoms in total. The van der Waals surface area contributed by atoms with E-state index >= 15 is 0 Å². The molecule has 33 heavy (non-hydrogen) atoms. The van der Waals surface area contributed by atoms with Gasteiger partial charge in [-0.1, -0.05) is 36.4 Å². The van der Waals surface area contributed by atoms with Crippen molar-refractivity contribution in [2.75, 3.05) is 46.0 Å². The quantitative estimate of drug-likeness (QED) is 0.591. The molecule has 0 bridgehead atoms. The molecule has 0 spiro atoms. The smallest absolute Gasteiger partial charge is 0.246 e. The maximum Gasteiger partial charge on any atom is 0.246 e. The molecule has 1 aliphatic rings. The Morgan fingerprint density at radius 1 is 1.09 bits per heavy atom. The summed E-state index contributed by atoms with van der Waals surface area (Å²) >= 11 is 0. The van der Waals surface area contributed by atoms with Crippen molar-refractivity contribution in [2.45, 2.75) is 20.0 Å². The number of amides is 1. The molecule has 4 rings (SSSR count). The lowest BCUT2D eigenvalue weighted by Crippen LogP contribution is -2.44. The zero-order valence-electron chi connectivity index (χ0n) is 19.8. The Balaban J connectivity index is 1.42. The normalized spacial score (nSPS) is 15.4. The van der Waals surface area contributed by atoms with Gasteiger partial charge in [-0.2, -0.15) is 0 Å². The van der Waals surface area contributed by atoms with Crippen molar-refractivity contribution in [3.8, 4) is 0 Å². The third-order valence-electron chi connectivity index (χ3n) is 6.45. The Morgan fingerprint density at radius 2 is 1.82 bits per heavy atom. The van der Waals surface area contributed by atoms with Crippen molar-refractivity contribution in [1.29, 1.82) is 0 Å². The van der Waals surface area contributed by atoms with Crippen LogP contribution < -0.4 is 5.73 Å². The third-order valence-corrected chi connectivity index (χ3v) is 6.45. The molecule has 6 heteroatoms. The summed E-state index contributed by atoms with van der Waals surface area (Å²) in [6.45, 7) is 7.61. The number of pyridine rings is 1. The van der Waals surface area contributed by atoms with Gasteiger partial charge in [-0.05, 0) is 53.6 Å². The maximum atomic E-state index is 12.8. The molecule has 2 aromatic carbocycles. The minimum atomic E-state index is -0.0444. The SMILES string of the molecule is Cc1ccc(CN(C)C(=O)/C=C/c2cnc(N)c(CN3CCN(C)CC3)c2)c2ccccc12. The fourth-order valence-corrected chi connectivity index (χ4v) is 4.28. The Bertz CT molecular complexity index is 1160. The van der Waals surface area contributed by atoms with E-state index in [0.29, 0.717) is 12.4 Å². The number of nitrogen functional groups attached to an aromatic ring is 1. The molecule has 0 saturated carbocycles. The Kier molecular flexibility index (Phi) is 7.06. The summed E-state index contributed by atoms with van der Waals surface area (Å²) in [7, 11) is 3.98. The van der Waals surface area contributed by atoms with Crippen LogP contribution >= 0.6 is 0 Å². The summed E-state index contributed by atoms with van der Waals surface area (Å²) in [5.74, 6) is 0.512. The monoisotopic (exact) mass is 443 g/mol. The molecule has 172 valence electrons. The lowest BCUT2D eigenvalue weighted by atomic mass is 10.00. The van der Waals surface area contributed by atoms with Crippen LogP contribution in [0.1, 0.15) is 22.3 Å². The number of benzene rings is 2. The Hall–Kier alpha value is -3.22. The lowest BCUT2D eigenvalue weighted by Gasteiger charge is -2.32. The second kappa shape index (κ2) is 10.1. The molecule has 0 unspecified atom stereocenters. The van der Waals surface area contributed by atoms with Crippen LogP contribution in [0.15, 0.2) is 54.7 Å². The summed E-state index contributed by atoms with van der Waals surface area (Å²) in [6, 6.07) is 14.6. The van der Waals surface area contributed by atoms with Crippen molar-refractivity contribution in [1.82, 2.24) is 19.7 Å². The zero-order chi connectivity index (χ0) is 23.4. The third kappa shape index (κ3) is 5.59. The molecule has 1 aromatic heterocycles. The van der Waals surface area contributed by atoms with E-state index < -0.39 is 0 Å². The minimum Gasteiger partial charge on any atom is -0.383 e. The molecule has 0 radical (unpaired) electrons. The minimum absolute atomic E-state index is 0.0444. The maximum absolute atomic E-state index is 12.8. The number of piperazine rings is 1. The van der Waals surface area contributed by atoms with E-state index in [1.807, 2.05) is 25.3 Å². The first kappa shape index (κ1) is 23.0. The summed E-state index contributed by atoms with van der Waals surface area (Å²) in [5, 5.41) is 2.42. The van der Waals surface area contributed by atoms with Crippen LogP contribution in [0.4, 0.5) is 5.82 Å². The first-order valence-electron chi connectivity index (χ1n) is 11.5. The number of carbonyl (C=O) groups excluding carboxylic acids is 1. The Labute approximate surface area is 196 Å². The number of fused-ring (bicyclic) bond motifs is 1. The van der Waals surface area contributed by atoms with Gasteiger partial charge in [0.15, 0.2) is 0 Å². The molecule has 2 N–H and O–H groups in total. The second-order valence-electron chi connectivity index (χ2n) is 9.01. The number of nitrogens with two attached hydrogens (primary N) is 1. The van der Waals surface area contributed by atoms with E-state index in [-0.39, 0.29) is 5.91 Å². The van der Waals surface area contributed by atoms with Crippen molar-refractivity contribution in [2.24, 2.45) is 0 Å². The summed E-state index contributed by atoms with van der Waals surface area (Å²) < 4.78 is 0. The van der Waals surface area contributed by atoms with Gasteiger partial charge in [0.25, 0.3) is 0 Å². The molecular weight excluding hydrogens is 410 g/mol. The molecule has 1 amide bonds. The van der Waals surface area contributed by atoms with Gasteiger partial charge in [0, 0.05) is 64.2 Å².